The van der Waals surface area contributed by atoms with E-state index in [1.54, 1.807) is 37.4 Å². The Morgan fingerprint density at radius 3 is 2.55 bits per heavy atom. The number of carbonyl (C=O) groups is 1. The molecule has 0 saturated carbocycles. The van der Waals surface area contributed by atoms with Crippen LogP contribution >= 0.6 is 0 Å². The van der Waals surface area contributed by atoms with E-state index in [1.165, 1.54) is 6.20 Å². The van der Waals surface area contributed by atoms with Crippen LogP contribution in [-0.2, 0) is 17.7 Å². The van der Waals surface area contributed by atoms with Crippen molar-refractivity contribution in [3.63, 3.8) is 0 Å². The fraction of sp³-hybridized carbons (Fsp3) is 0.167. The van der Waals surface area contributed by atoms with Crippen LogP contribution in [0.4, 0.5) is 5.69 Å². The van der Waals surface area contributed by atoms with E-state index in [9.17, 15) is 4.79 Å². The topological polar surface area (TPSA) is 139 Å². The Kier molecular flexibility index (Phi) is 6.89. The molecular weight excluding hydrogens is 390 g/mol. The monoisotopic (exact) mass is 415 g/mol. The maximum absolute atomic E-state index is 12.0. The van der Waals surface area contributed by atoms with Crippen molar-refractivity contribution in [1.82, 2.24) is 4.98 Å². The number of anilines is 1. The minimum Gasteiger partial charge on any atom is -0.462 e. The van der Waals surface area contributed by atoms with Gasteiger partial charge in [-0.1, -0.05) is 30.3 Å². The van der Waals surface area contributed by atoms with Crippen LogP contribution in [0.2, 0.25) is 0 Å². The van der Waals surface area contributed by atoms with Crippen molar-refractivity contribution < 1.29 is 9.53 Å². The lowest BCUT2D eigenvalue weighted by Crippen LogP contribution is -2.18. The molecule has 0 aliphatic rings. The van der Waals surface area contributed by atoms with Gasteiger partial charge in [-0.2, -0.15) is 0 Å². The SMILES string of the molecule is CCOC(=O)c1cncc(-c2ccc(N)c(C(=N)C(=N)Cc3cccc(CN)c3)c2)c1. The summed E-state index contributed by atoms with van der Waals surface area (Å²) in [6.07, 6.45) is 3.38. The van der Waals surface area contributed by atoms with Crippen molar-refractivity contribution in [2.24, 2.45) is 5.73 Å². The predicted octanol–water partition coefficient (Wildman–Crippen LogP) is 3.60. The number of nitrogen functional groups attached to an aromatic ring is 1. The molecule has 6 N–H and O–H groups in total. The maximum atomic E-state index is 12.0. The molecule has 0 fully saturated rings. The Morgan fingerprint density at radius 2 is 1.81 bits per heavy atom. The number of benzene rings is 2. The third-order valence-electron chi connectivity index (χ3n) is 4.82. The van der Waals surface area contributed by atoms with Gasteiger partial charge in [0.05, 0.1) is 23.6 Å². The van der Waals surface area contributed by atoms with Crippen LogP contribution in [0.3, 0.4) is 0 Å². The van der Waals surface area contributed by atoms with E-state index in [1.807, 2.05) is 24.3 Å². The van der Waals surface area contributed by atoms with E-state index in [-0.39, 0.29) is 18.0 Å². The van der Waals surface area contributed by atoms with Gasteiger partial charge in [0.2, 0.25) is 0 Å². The van der Waals surface area contributed by atoms with Crippen LogP contribution in [0.1, 0.15) is 34.0 Å². The molecule has 0 bridgehead atoms. The zero-order chi connectivity index (χ0) is 22.4. The van der Waals surface area contributed by atoms with Gasteiger partial charge < -0.3 is 21.6 Å². The third kappa shape index (κ3) is 5.21. The number of pyridine rings is 1. The number of nitrogens with one attached hydrogen (secondary N) is 2. The van der Waals surface area contributed by atoms with Gasteiger partial charge in [0, 0.05) is 42.2 Å². The van der Waals surface area contributed by atoms with Gasteiger partial charge in [-0.15, -0.1) is 0 Å². The van der Waals surface area contributed by atoms with Gasteiger partial charge in [0.15, 0.2) is 0 Å². The van der Waals surface area contributed by atoms with Gasteiger partial charge >= 0.3 is 5.97 Å². The van der Waals surface area contributed by atoms with Crippen molar-refractivity contribution in [3.8, 4) is 11.1 Å². The van der Waals surface area contributed by atoms with Crippen LogP contribution in [0.25, 0.3) is 11.1 Å². The van der Waals surface area contributed by atoms with Gasteiger partial charge in [-0.25, -0.2) is 4.79 Å². The Morgan fingerprint density at radius 1 is 1.03 bits per heavy atom. The number of esters is 1. The van der Waals surface area contributed by atoms with Gasteiger partial charge in [-0.3, -0.25) is 10.4 Å². The normalized spacial score (nSPS) is 10.5. The molecule has 0 aliphatic carbocycles. The zero-order valence-corrected chi connectivity index (χ0v) is 17.3. The highest BCUT2D eigenvalue weighted by Gasteiger charge is 2.15. The van der Waals surface area contributed by atoms with Gasteiger partial charge in [0.25, 0.3) is 0 Å². The average molecular weight is 415 g/mol. The molecule has 3 aromatic rings. The van der Waals surface area contributed by atoms with Crippen molar-refractivity contribution >= 4 is 23.1 Å². The molecule has 31 heavy (non-hydrogen) atoms. The molecule has 7 heteroatoms. The van der Waals surface area contributed by atoms with E-state index >= 15 is 0 Å². The standard InChI is InChI=1S/C24H25N5O2/c1-2-31-24(30)19-10-18(13-29-14-19)17-6-7-21(26)20(11-17)23(28)22(27)9-15-4-3-5-16(8-15)12-25/h3-8,10-11,13-14,27-28H,2,9,12,25-26H2,1H3. The summed E-state index contributed by atoms with van der Waals surface area (Å²) < 4.78 is 5.04. The first kappa shape index (κ1) is 21.9. The molecule has 158 valence electrons. The zero-order valence-electron chi connectivity index (χ0n) is 17.3. The highest BCUT2D eigenvalue weighted by atomic mass is 16.5. The van der Waals surface area contributed by atoms with E-state index in [0.29, 0.717) is 35.3 Å². The summed E-state index contributed by atoms with van der Waals surface area (Å²) in [5.74, 6) is -0.443. The summed E-state index contributed by atoms with van der Waals surface area (Å²) in [4.78, 5) is 16.1. The van der Waals surface area contributed by atoms with Crippen molar-refractivity contribution in [3.05, 3.63) is 83.2 Å². The van der Waals surface area contributed by atoms with Crippen LogP contribution < -0.4 is 11.5 Å². The van der Waals surface area contributed by atoms with Crippen LogP contribution in [0.5, 0.6) is 0 Å². The molecule has 0 aliphatic heterocycles. The summed E-state index contributed by atoms with van der Waals surface area (Å²) in [6.45, 7) is 2.45. The number of aromatic nitrogens is 1. The second-order valence-corrected chi connectivity index (χ2v) is 7.04. The molecule has 0 saturated heterocycles. The highest BCUT2D eigenvalue weighted by Crippen LogP contribution is 2.25. The third-order valence-corrected chi connectivity index (χ3v) is 4.82. The Balaban J connectivity index is 1.87. The minimum absolute atomic E-state index is 0.0482. The highest BCUT2D eigenvalue weighted by molar-refractivity contribution is 6.47. The van der Waals surface area contributed by atoms with E-state index < -0.39 is 5.97 Å². The maximum Gasteiger partial charge on any atom is 0.339 e. The predicted molar refractivity (Wildman–Crippen MR) is 123 cm³/mol. The lowest BCUT2D eigenvalue weighted by Gasteiger charge is -2.12. The Bertz CT molecular complexity index is 1140. The molecule has 3 rings (SSSR count). The van der Waals surface area contributed by atoms with Gasteiger partial charge in [-0.05, 0) is 41.8 Å². The summed E-state index contributed by atoms with van der Waals surface area (Å²) >= 11 is 0. The fourth-order valence-corrected chi connectivity index (χ4v) is 3.20. The number of rotatable bonds is 8. The van der Waals surface area contributed by atoms with Crippen molar-refractivity contribution in [1.29, 1.82) is 10.8 Å². The molecule has 1 heterocycles. The second-order valence-electron chi connectivity index (χ2n) is 7.04. The molecule has 7 nitrogen and oxygen atoms in total. The molecule has 0 amide bonds. The number of carbonyl (C=O) groups excluding carboxylic acids is 1. The van der Waals surface area contributed by atoms with E-state index in [2.05, 4.69) is 4.98 Å². The second kappa shape index (κ2) is 9.77. The van der Waals surface area contributed by atoms with Crippen molar-refractivity contribution in [2.75, 3.05) is 12.3 Å². The molecule has 0 spiro atoms. The average Bonchev–Trinajstić information content (AvgIpc) is 2.79. The quantitative estimate of drug-likeness (QED) is 0.253. The molecular formula is C24H25N5O2. The van der Waals surface area contributed by atoms with Crippen LogP contribution in [-0.4, -0.2) is 29.0 Å². The summed E-state index contributed by atoms with van der Waals surface area (Å²) in [5.41, 5.74) is 16.6. The lowest BCUT2D eigenvalue weighted by atomic mass is 9.95. The largest absolute Gasteiger partial charge is 0.462 e. The summed E-state index contributed by atoms with van der Waals surface area (Å²) in [5, 5.41) is 17.0. The Labute approximate surface area is 181 Å². The Hall–Kier alpha value is -3.84. The minimum atomic E-state index is -0.443. The summed E-state index contributed by atoms with van der Waals surface area (Å²) in [6, 6.07) is 14.6. The first-order chi connectivity index (χ1) is 14.9. The van der Waals surface area contributed by atoms with Crippen LogP contribution in [0.15, 0.2) is 60.9 Å². The van der Waals surface area contributed by atoms with Gasteiger partial charge in [0.1, 0.15) is 0 Å². The number of hydrogen-bond donors (Lipinski definition) is 4. The molecule has 0 radical (unpaired) electrons. The first-order valence-corrected chi connectivity index (χ1v) is 9.89. The smallest absolute Gasteiger partial charge is 0.339 e. The van der Waals surface area contributed by atoms with E-state index in [4.69, 9.17) is 27.0 Å². The molecule has 2 aromatic carbocycles. The molecule has 0 atom stereocenters. The van der Waals surface area contributed by atoms with E-state index in [0.717, 1.165) is 16.7 Å². The molecule has 1 aromatic heterocycles. The lowest BCUT2D eigenvalue weighted by molar-refractivity contribution is 0.0526. The fourth-order valence-electron chi connectivity index (χ4n) is 3.20. The van der Waals surface area contributed by atoms with Crippen LogP contribution in [0, 0.1) is 10.8 Å². The number of ether oxygens (including phenoxy) is 1. The number of nitrogens with two attached hydrogens (primary N) is 2. The number of hydrogen-bond acceptors (Lipinski definition) is 7. The van der Waals surface area contributed by atoms with Crippen molar-refractivity contribution in [2.45, 2.75) is 19.9 Å². The summed E-state index contributed by atoms with van der Waals surface area (Å²) in [7, 11) is 0. The number of nitrogens with zero attached hydrogens (tertiary/aromatic N) is 1. The molecule has 0 unspecified atom stereocenters. The first-order valence-electron chi connectivity index (χ1n) is 9.89.